The Hall–Kier alpha value is -3.34. The van der Waals surface area contributed by atoms with Crippen molar-refractivity contribution >= 4 is 44.7 Å². The number of methoxy groups -OCH3 is 1. The highest BCUT2D eigenvalue weighted by molar-refractivity contribution is 7.92. The molecule has 9 nitrogen and oxygen atoms in total. The molecule has 0 fully saturated rings. The van der Waals surface area contributed by atoms with E-state index in [2.05, 4.69) is 29.0 Å². The summed E-state index contributed by atoms with van der Waals surface area (Å²) >= 11 is 6.33. The Bertz CT molecular complexity index is 1450. The van der Waals surface area contributed by atoms with Crippen molar-refractivity contribution in [2.75, 3.05) is 49.2 Å². The highest BCUT2D eigenvalue weighted by Crippen LogP contribution is 2.30. The molecular formula is C29H36ClN5O4S. The Labute approximate surface area is 241 Å². The summed E-state index contributed by atoms with van der Waals surface area (Å²) in [5.74, 6) is 0.888. The number of carbonyl (C=O) groups is 1. The normalized spacial score (nSPS) is 15.3. The van der Waals surface area contributed by atoms with Crippen LogP contribution in [-0.4, -0.2) is 74.7 Å². The van der Waals surface area contributed by atoms with Gasteiger partial charge in [0.15, 0.2) is 0 Å². The van der Waals surface area contributed by atoms with Crippen LogP contribution >= 0.6 is 11.6 Å². The number of amides is 1. The minimum atomic E-state index is -3.59. The molecule has 1 aliphatic rings. The van der Waals surface area contributed by atoms with E-state index in [-0.39, 0.29) is 18.5 Å². The fourth-order valence-electron chi connectivity index (χ4n) is 4.81. The van der Waals surface area contributed by atoms with Crippen LogP contribution in [0.1, 0.15) is 36.2 Å². The standard InChI is InChI=1S/C29H36ClN5O4S/c1-21(2)33-14-7-15-35(40(4,37)38)27-18-23(30)12-11-22(27)20-34(17-16-33)29(36)26-10-6-13-31-28(26)32-24-8-5-9-25(19-24)39-3/h5-6,8-13,18-19,21H,7,14-17,20H2,1-4H3,(H,31,32). The van der Waals surface area contributed by atoms with E-state index in [4.69, 9.17) is 16.3 Å². The molecule has 3 aromatic rings. The van der Waals surface area contributed by atoms with E-state index >= 15 is 0 Å². The lowest BCUT2D eigenvalue weighted by Crippen LogP contribution is -2.41. The number of carbonyl (C=O) groups excluding carboxylic acids is 1. The maximum atomic E-state index is 14.2. The Morgan fingerprint density at radius 3 is 2.58 bits per heavy atom. The van der Waals surface area contributed by atoms with Crippen molar-refractivity contribution in [2.24, 2.45) is 0 Å². The molecule has 0 atom stereocenters. The number of halogens is 1. The maximum absolute atomic E-state index is 14.2. The van der Waals surface area contributed by atoms with Gasteiger partial charge < -0.3 is 15.0 Å². The molecule has 1 N–H and O–H groups in total. The summed E-state index contributed by atoms with van der Waals surface area (Å²) in [5, 5.41) is 3.69. The van der Waals surface area contributed by atoms with Gasteiger partial charge in [-0.15, -0.1) is 0 Å². The number of ether oxygens (including phenoxy) is 1. The van der Waals surface area contributed by atoms with Crippen molar-refractivity contribution in [3.05, 3.63) is 76.9 Å². The molecule has 1 aromatic heterocycles. The molecule has 214 valence electrons. The predicted octanol–water partition coefficient (Wildman–Crippen LogP) is 5.01. The third-order valence-corrected chi connectivity index (χ3v) is 8.34. The van der Waals surface area contributed by atoms with Crippen molar-refractivity contribution in [2.45, 2.75) is 32.9 Å². The van der Waals surface area contributed by atoms with Gasteiger partial charge >= 0.3 is 0 Å². The Kier molecular flexibility index (Phi) is 9.55. The average Bonchev–Trinajstić information content (AvgIpc) is 2.95. The second kappa shape index (κ2) is 12.9. The molecular weight excluding hydrogens is 550 g/mol. The number of hydrogen-bond acceptors (Lipinski definition) is 7. The van der Waals surface area contributed by atoms with E-state index in [0.29, 0.717) is 66.0 Å². The first kappa shape index (κ1) is 29.6. The number of nitrogens with one attached hydrogen (secondary N) is 1. The van der Waals surface area contributed by atoms with Crippen molar-refractivity contribution in [1.29, 1.82) is 0 Å². The molecule has 11 heteroatoms. The molecule has 0 spiro atoms. The van der Waals surface area contributed by atoms with E-state index in [1.165, 1.54) is 10.6 Å². The van der Waals surface area contributed by atoms with Crippen LogP contribution in [0, 0.1) is 0 Å². The summed E-state index contributed by atoms with van der Waals surface area (Å²) in [6.07, 6.45) is 3.48. The van der Waals surface area contributed by atoms with Gasteiger partial charge in [0, 0.05) is 61.7 Å². The fraction of sp³-hybridized carbons (Fsp3) is 0.379. The zero-order valence-electron chi connectivity index (χ0n) is 23.3. The van der Waals surface area contributed by atoms with E-state index in [1.807, 2.05) is 24.3 Å². The number of fused-ring (bicyclic) bond motifs is 1. The summed E-state index contributed by atoms with van der Waals surface area (Å²) in [4.78, 5) is 22.6. The number of anilines is 3. The van der Waals surface area contributed by atoms with Crippen molar-refractivity contribution in [3.63, 3.8) is 0 Å². The fourth-order valence-corrected chi connectivity index (χ4v) is 5.96. The lowest BCUT2D eigenvalue weighted by atomic mass is 10.1. The van der Waals surface area contributed by atoms with Gasteiger partial charge in [-0.3, -0.25) is 14.0 Å². The molecule has 0 unspecified atom stereocenters. The van der Waals surface area contributed by atoms with E-state index in [0.717, 1.165) is 5.69 Å². The van der Waals surface area contributed by atoms with Gasteiger partial charge in [-0.25, -0.2) is 13.4 Å². The maximum Gasteiger partial charge on any atom is 0.257 e. The monoisotopic (exact) mass is 585 g/mol. The molecule has 2 heterocycles. The van der Waals surface area contributed by atoms with Crippen LogP contribution in [0.4, 0.5) is 17.2 Å². The smallest absolute Gasteiger partial charge is 0.257 e. The van der Waals surface area contributed by atoms with Crippen molar-refractivity contribution < 1.29 is 17.9 Å². The van der Waals surface area contributed by atoms with Gasteiger partial charge in [-0.1, -0.05) is 23.7 Å². The molecule has 1 aliphatic heterocycles. The van der Waals surface area contributed by atoms with Crippen LogP contribution in [0.15, 0.2) is 60.8 Å². The molecule has 40 heavy (non-hydrogen) atoms. The Morgan fingerprint density at radius 2 is 1.85 bits per heavy atom. The van der Waals surface area contributed by atoms with Gasteiger partial charge in [-0.05, 0) is 62.2 Å². The zero-order chi connectivity index (χ0) is 28.9. The van der Waals surface area contributed by atoms with Crippen LogP contribution in [0.25, 0.3) is 0 Å². The number of hydrogen-bond donors (Lipinski definition) is 1. The van der Waals surface area contributed by atoms with Crippen LogP contribution < -0.4 is 14.4 Å². The van der Waals surface area contributed by atoms with Gasteiger partial charge in [0.1, 0.15) is 11.6 Å². The first-order chi connectivity index (χ1) is 19.1. The second-order valence-electron chi connectivity index (χ2n) is 10.1. The summed E-state index contributed by atoms with van der Waals surface area (Å²) in [6.45, 7) is 6.52. The Morgan fingerprint density at radius 1 is 1.05 bits per heavy atom. The van der Waals surface area contributed by atoms with E-state index in [1.54, 1.807) is 48.5 Å². The van der Waals surface area contributed by atoms with Gasteiger partial charge in [0.2, 0.25) is 10.0 Å². The van der Waals surface area contributed by atoms with Crippen LogP contribution in [-0.2, 0) is 16.6 Å². The zero-order valence-corrected chi connectivity index (χ0v) is 24.9. The number of pyridine rings is 1. The Balaban J connectivity index is 1.74. The third kappa shape index (κ3) is 7.24. The topological polar surface area (TPSA) is 95.1 Å². The molecule has 4 rings (SSSR count). The van der Waals surface area contributed by atoms with Gasteiger partial charge in [0.25, 0.3) is 5.91 Å². The summed E-state index contributed by atoms with van der Waals surface area (Å²) in [5.41, 5.74) is 2.34. The predicted molar refractivity (Wildman–Crippen MR) is 160 cm³/mol. The third-order valence-electron chi connectivity index (χ3n) is 6.93. The lowest BCUT2D eigenvalue weighted by molar-refractivity contribution is 0.0712. The molecule has 0 radical (unpaired) electrons. The van der Waals surface area contributed by atoms with E-state index < -0.39 is 10.0 Å². The summed E-state index contributed by atoms with van der Waals surface area (Å²) in [7, 11) is -1.99. The number of rotatable bonds is 6. The number of sulfonamides is 1. The highest BCUT2D eigenvalue weighted by atomic mass is 35.5. The molecule has 0 saturated heterocycles. The average molecular weight is 586 g/mol. The molecule has 2 aromatic carbocycles. The minimum absolute atomic E-state index is 0.205. The highest BCUT2D eigenvalue weighted by Gasteiger charge is 2.27. The number of aromatic nitrogens is 1. The SMILES string of the molecule is COc1cccc(Nc2ncccc2C(=O)N2CCN(C(C)C)CCCN(S(C)(=O)=O)c3cc(Cl)ccc3C2)c1. The van der Waals surface area contributed by atoms with Crippen molar-refractivity contribution in [3.8, 4) is 5.75 Å². The largest absolute Gasteiger partial charge is 0.497 e. The van der Waals surface area contributed by atoms with E-state index in [9.17, 15) is 13.2 Å². The van der Waals surface area contributed by atoms with Gasteiger partial charge in [-0.2, -0.15) is 0 Å². The second-order valence-corrected chi connectivity index (χ2v) is 12.4. The van der Waals surface area contributed by atoms with Gasteiger partial charge in [0.05, 0.1) is 24.6 Å². The summed E-state index contributed by atoms with van der Waals surface area (Å²) in [6, 6.07) is 16.3. The summed E-state index contributed by atoms with van der Waals surface area (Å²) < 4.78 is 32.5. The minimum Gasteiger partial charge on any atom is -0.497 e. The van der Waals surface area contributed by atoms with Crippen LogP contribution in [0.2, 0.25) is 5.02 Å². The molecule has 0 bridgehead atoms. The quantitative estimate of drug-likeness (QED) is 0.434. The lowest BCUT2D eigenvalue weighted by Gasteiger charge is -2.30. The first-order valence-corrected chi connectivity index (χ1v) is 15.4. The number of nitrogens with zero attached hydrogens (tertiary/aromatic N) is 4. The number of benzene rings is 2. The van der Waals surface area contributed by atoms with Crippen LogP contribution in [0.5, 0.6) is 5.75 Å². The molecule has 1 amide bonds. The molecule has 0 aliphatic carbocycles. The first-order valence-electron chi connectivity index (χ1n) is 13.2. The molecule has 0 saturated carbocycles. The van der Waals surface area contributed by atoms with Crippen LogP contribution in [0.3, 0.4) is 0 Å². The van der Waals surface area contributed by atoms with Crippen molar-refractivity contribution in [1.82, 2.24) is 14.8 Å².